The summed E-state index contributed by atoms with van der Waals surface area (Å²) < 4.78 is 11.2. The lowest BCUT2D eigenvalue weighted by Gasteiger charge is -2.37. The zero-order valence-corrected chi connectivity index (χ0v) is 15.1. The molecule has 0 aliphatic carbocycles. The molecule has 0 aliphatic rings. The third-order valence-electron chi connectivity index (χ3n) is 4.52. The van der Waals surface area contributed by atoms with Gasteiger partial charge in [-0.25, -0.2) is 4.79 Å². The Balaban J connectivity index is 2.13. The van der Waals surface area contributed by atoms with E-state index < -0.39 is 17.7 Å². The normalized spacial score (nSPS) is 12.4. The topological polar surface area (TPSA) is 55.8 Å². The highest BCUT2D eigenvalue weighted by molar-refractivity contribution is 5.77. The molecule has 1 atom stereocenters. The molecule has 1 N–H and O–H groups in total. The second-order valence-electron chi connectivity index (χ2n) is 6.17. The number of aliphatic hydroxyl groups excluding tert-OH is 1. The van der Waals surface area contributed by atoms with Crippen LogP contribution in [0, 0.1) is 0 Å². The molecule has 0 bridgehead atoms. The van der Waals surface area contributed by atoms with E-state index in [0.717, 1.165) is 5.56 Å². The van der Waals surface area contributed by atoms with Crippen LogP contribution in [0.1, 0.15) is 16.7 Å². The van der Waals surface area contributed by atoms with Crippen molar-refractivity contribution in [2.75, 3.05) is 7.11 Å². The maximum atomic E-state index is 12.4. The fourth-order valence-corrected chi connectivity index (χ4v) is 3.15. The molecule has 4 heteroatoms. The van der Waals surface area contributed by atoms with E-state index in [4.69, 9.17) is 9.47 Å². The highest BCUT2D eigenvalue weighted by Gasteiger charge is 2.47. The first-order valence-electron chi connectivity index (χ1n) is 8.73. The van der Waals surface area contributed by atoms with E-state index in [1.807, 2.05) is 91.0 Å². The Morgan fingerprint density at radius 3 is 1.74 bits per heavy atom. The van der Waals surface area contributed by atoms with Gasteiger partial charge in [-0.3, -0.25) is 0 Å². The smallest absolute Gasteiger partial charge is 0.338 e. The molecule has 3 aromatic rings. The van der Waals surface area contributed by atoms with Gasteiger partial charge in [0.15, 0.2) is 11.7 Å². The molecular weight excluding hydrogens is 340 g/mol. The summed E-state index contributed by atoms with van der Waals surface area (Å²) in [5.41, 5.74) is 0.881. The Kier molecular flexibility index (Phi) is 6.01. The summed E-state index contributed by atoms with van der Waals surface area (Å²) in [4.78, 5) is 12.4. The number of esters is 1. The summed E-state index contributed by atoms with van der Waals surface area (Å²) in [5.74, 6) is -0.754. The lowest BCUT2D eigenvalue weighted by molar-refractivity contribution is -0.172. The molecule has 4 nitrogen and oxygen atoms in total. The minimum absolute atomic E-state index is 0.221. The highest BCUT2D eigenvalue weighted by Crippen LogP contribution is 2.38. The fourth-order valence-electron chi connectivity index (χ4n) is 3.15. The minimum Gasteiger partial charge on any atom is -0.467 e. The molecule has 0 aromatic heterocycles. The Hall–Kier alpha value is -2.95. The van der Waals surface area contributed by atoms with Crippen LogP contribution in [0.2, 0.25) is 0 Å². The number of aliphatic hydroxyl groups is 1. The maximum absolute atomic E-state index is 12.4. The number of carbonyl (C=O) groups is 1. The molecule has 0 fully saturated rings. The molecule has 0 saturated carbocycles. The van der Waals surface area contributed by atoms with Crippen LogP contribution in [0.5, 0.6) is 0 Å². The number of benzene rings is 3. The molecule has 0 radical (unpaired) electrons. The zero-order chi connectivity index (χ0) is 19.1. The van der Waals surface area contributed by atoms with Crippen LogP contribution in [-0.2, 0) is 26.5 Å². The van der Waals surface area contributed by atoms with Crippen molar-refractivity contribution in [1.29, 1.82) is 0 Å². The van der Waals surface area contributed by atoms with E-state index in [1.54, 1.807) is 0 Å². The van der Waals surface area contributed by atoms with Crippen molar-refractivity contribution in [3.05, 3.63) is 108 Å². The lowest BCUT2D eigenvalue weighted by atomic mass is 9.81. The van der Waals surface area contributed by atoms with E-state index in [9.17, 15) is 9.90 Å². The first-order chi connectivity index (χ1) is 13.2. The van der Waals surface area contributed by atoms with Gasteiger partial charge in [0.2, 0.25) is 0 Å². The predicted molar refractivity (Wildman–Crippen MR) is 103 cm³/mol. The lowest BCUT2D eigenvalue weighted by Crippen LogP contribution is -2.48. The van der Waals surface area contributed by atoms with Crippen molar-refractivity contribution in [3.63, 3.8) is 0 Å². The van der Waals surface area contributed by atoms with Gasteiger partial charge in [0.25, 0.3) is 0 Å². The van der Waals surface area contributed by atoms with Gasteiger partial charge in [-0.1, -0.05) is 91.0 Å². The Bertz CT molecular complexity index is 808. The summed E-state index contributed by atoms with van der Waals surface area (Å²) in [6.45, 7) is 0.221. The van der Waals surface area contributed by atoms with Crippen LogP contribution in [-0.4, -0.2) is 24.3 Å². The standard InChI is InChI=1S/C23H22O4/c1-26-22(25)21(24)23(19-13-7-3-8-14-19,20-15-9-4-10-16-20)27-17-18-11-5-2-6-12-18/h2-16,21,24H,17H2,1H3/t21-/m0/s1. The van der Waals surface area contributed by atoms with Crippen LogP contribution >= 0.6 is 0 Å². The van der Waals surface area contributed by atoms with Gasteiger partial charge in [-0.05, 0) is 16.7 Å². The molecule has 0 heterocycles. The minimum atomic E-state index is -1.53. The quantitative estimate of drug-likeness (QED) is 0.652. The average molecular weight is 362 g/mol. The van der Waals surface area contributed by atoms with Crippen molar-refractivity contribution in [3.8, 4) is 0 Å². The first-order valence-corrected chi connectivity index (χ1v) is 8.73. The Labute approximate surface area is 159 Å². The number of hydrogen-bond donors (Lipinski definition) is 1. The first kappa shape index (κ1) is 18.8. The summed E-state index contributed by atoms with van der Waals surface area (Å²) in [6, 6.07) is 28.1. The zero-order valence-electron chi connectivity index (χ0n) is 15.1. The van der Waals surface area contributed by atoms with Crippen LogP contribution in [0.3, 0.4) is 0 Å². The summed E-state index contributed by atoms with van der Waals surface area (Å²) in [7, 11) is 1.25. The largest absolute Gasteiger partial charge is 0.467 e. The number of carbonyl (C=O) groups excluding carboxylic acids is 1. The molecule has 138 valence electrons. The second kappa shape index (κ2) is 8.62. The van der Waals surface area contributed by atoms with Crippen LogP contribution in [0.4, 0.5) is 0 Å². The third-order valence-corrected chi connectivity index (χ3v) is 4.52. The van der Waals surface area contributed by atoms with Gasteiger partial charge < -0.3 is 14.6 Å². The number of hydrogen-bond acceptors (Lipinski definition) is 4. The highest BCUT2D eigenvalue weighted by atomic mass is 16.6. The van der Waals surface area contributed by atoms with Crippen molar-refractivity contribution in [2.45, 2.75) is 18.3 Å². The van der Waals surface area contributed by atoms with Gasteiger partial charge in [0, 0.05) is 0 Å². The maximum Gasteiger partial charge on any atom is 0.338 e. The Morgan fingerprint density at radius 1 is 0.852 bits per heavy atom. The van der Waals surface area contributed by atoms with Crippen LogP contribution < -0.4 is 0 Å². The van der Waals surface area contributed by atoms with E-state index >= 15 is 0 Å². The van der Waals surface area contributed by atoms with Crippen LogP contribution in [0.25, 0.3) is 0 Å². The van der Waals surface area contributed by atoms with Crippen molar-refractivity contribution in [2.24, 2.45) is 0 Å². The average Bonchev–Trinajstić information content (AvgIpc) is 2.75. The summed E-state index contributed by atoms with van der Waals surface area (Å²) >= 11 is 0. The SMILES string of the molecule is COC(=O)[C@H](O)C(OCc1ccccc1)(c1ccccc1)c1ccccc1. The molecular formula is C23H22O4. The number of ether oxygens (including phenoxy) is 2. The monoisotopic (exact) mass is 362 g/mol. The molecule has 3 rings (SSSR count). The van der Waals surface area contributed by atoms with Crippen LogP contribution in [0.15, 0.2) is 91.0 Å². The molecule has 0 aliphatic heterocycles. The van der Waals surface area contributed by atoms with Gasteiger partial charge in [0.05, 0.1) is 13.7 Å². The van der Waals surface area contributed by atoms with Gasteiger partial charge in [-0.15, -0.1) is 0 Å². The van der Waals surface area contributed by atoms with Crippen molar-refractivity contribution >= 4 is 5.97 Å². The predicted octanol–water partition coefficient (Wildman–Crippen LogP) is 3.68. The van der Waals surface area contributed by atoms with Crippen molar-refractivity contribution < 1.29 is 19.4 Å². The molecule has 0 spiro atoms. The van der Waals surface area contributed by atoms with E-state index in [0.29, 0.717) is 11.1 Å². The van der Waals surface area contributed by atoms with Gasteiger partial charge >= 0.3 is 5.97 Å². The molecule has 0 amide bonds. The molecule has 0 unspecified atom stereocenters. The summed E-state index contributed by atoms with van der Waals surface area (Å²) in [6.07, 6.45) is -1.53. The van der Waals surface area contributed by atoms with Gasteiger partial charge in [0.1, 0.15) is 0 Å². The molecule has 3 aromatic carbocycles. The van der Waals surface area contributed by atoms with E-state index in [2.05, 4.69) is 0 Å². The van der Waals surface area contributed by atoms with Crippen molar-refractivity contribution in [1.82, 2.24) is 0 Å². The molecule has 0 saturated heterocycles. The molecule has 27 heavy (non-hydrogen) atoms. The Morgan fingerprint density at radius 2 is 1.30 bits per heavy atom. The number of rotatable bonds is 7. The number of methoxy groups -OCH3 is 1. The third kappa shape index (κ3) is 3.92. The van der Waals surface area contributed by atoms with E-state index in [-0.39, 0.29) is 6.61 Å². The van der Waals surface area contributed by atoms with Gasteiger partial charge in [-0.2, -0.15) is 0 Å². The fraction of sp³-hybridized carbons (Fsp3) is 0.174. The summed E-state index contributed by atoms with van der Waals surface area (Å²) in [5, 5.41) is 11.0. The van der Waals surface area contributed by atoms with E-state index in [1.165, 1.54) is 7.11 Å². The second-order valence-corrected chi connectivity index (χ2v) is 6.17.